The third-order valence-corrected chi connectivity index (χ3v) is 3.22. The molecule has 1 aromatic rings. The number of nitrogens with one attached hydrogen (secondary N) is 1. The summed E-state index contributed by atoms with van der Waals surface area (Å²) in [6, 6.07) is 8.33. The van der Waals surface area contributed by atoms with Crippen LogP contribution >= 0.6 is 0 Å². The molecule has 4 nitrogen and oxygen atoms in total. The Morgan fingerprint density at radius 1 is 1.41 bits per heavy atom. The summed E-state index contributed by atoms with van der Waals surface area (Å²) in [5, 5.41) is 2.82. The number of carbonyl (C=O) groups is 1. The second-order valence-corrected chi connectivity index (χ2v) is 4.50. The third kappa shape index (κ3) is 2.77. The molecule has 92 valence electrons. The zero-order valence-electron chi connectivity index (χ0n) is 10.1. The van der Waals surface area contributed by atoms with Crippen molar-refractivity contribution >= 4 is 11.6 Å². The van der Waals surface area contributed by atoms with Gasteiger partial charge in [0.1, 0.15) is 0 Å². The average molecular weight is 233 g/mol. The van der Waals surface area contributed by atoms with Crippen molar-refractivity contribution in [2.75, 3.05) is 31.1 Å². The normalized spacial score (nSPS) is 17.8. The van der Waals surface area contributed by atoms with Gasteiger partial charge in [-0.25, -0.2) is 0 Å². The molecule has 3 N–H and O–H groups in total. The van der Waals surface area contributed by atoms with Crippen LogP contribution in [0.25, 0.3) is 0 Å². The molecule has 0 saturated carbocycles. The first-order valence-corrected chi connectivity index (χ1v) is 6.02. The monoisotopic (exact) mass is 233 g/mol. The second kappa shape index (κ2) is 5.19. The van der Waals surface area contributed by atoms with Crippen molar-refractivity contribution in [2.24, 2.45) is 5.73 Å². The minimum Gasteiger partial charge on any atom is -0.360 e. The average Bonchev–Trinajstić information content (AvgIpc) is 2.38. The fraction of sp³-hybridized carbons (Fsp3) is 0.462. The zero-order valence-corrected chi connectivity index (χ0v) is 10.1. The van der Waals surface area contributed by atoms with Gasteiger partial charge < -0.3 is 16.0 Å². The standard InChI is InChI=1S/C13H19N3O/c1-10(8-14)11-2-4-12(5-3-11)16-7-6-15-13(17)9-16/h2-5,10H,6-9,14H2,1H3,(H,15,17). The molecular formula is C13H19N3O. The Bertz CT molecular complexity index is 388. The SMILES string of the molecule is CC(CN)c1ccc(N2CCNC(=O)C2)cc1. The molecule has 1 saturated heterocycles. The fourth-order valence-corrected chi connectivity index (χ4v) is 2.01. The maximum absolute atomic E-state index is 11.3. The molecular weight excluding hydrogens is 214 g/mol. The van der Waals surface area contributed by atoms with E-state index in [0.717, 1.165) is 18.8 Å². The van der Waals surface area contributed by atoms with Gasteiger partial charge in [0.2, 0.25) is 5.91 Å². The predicted octanol–water partition coefficient (Wildman–Crippen LogP) is 0.685. The van der Waals surface area contributed by atoms with Gasteiger partial charge in [0.05, 0.1) is 6.54 Å². The maximum atomic E-state index is 11.3. The molecule has 2 rings (SSSR count). The lowest BCUT2D eigenvalue weighted by Gasteiger charge is -2.28. The summed E-state index contributed by atoms with van der Waals surface area (Å²) in [5.74, 6) is 0.476. The highest BCUT2D eigenvalue weighted by molar-refractivity contribution is 5.82. The highest BCUT2D eigenvalue weighted by Gasteiger charge is 2.16. The van der Waals surface area contributed by atoms with Crippen LogP contribution in [0.2, 0.25) is 0 Å². The van der Waals surface area contributed by atoms with E-state index in [9.17, 15) is 4.79 Å². The summed E-state index contributed by atoms with van der Waals surface area (Å²) < 4.78 is 0. The maximum Gasteiger partial charge on any atom is 0.239 e. The molecule has 1 fully saturated rings. The number of piperazine rings is 1. The van der Waals surface area contributed by atoms with Gasteiger partial charge >= 0.3 is 0 Å². The minimum absolute atomic E-state index is 0.0932. The molecule has 17 heavy (non-hydrogen) atoms. The number of hydrogen-bond donors (Lipinski definition) is 2. The number of nitrogens with two attached hydrogens (primary N) is 1. The Morgan fingerprint density at radius 2 is 2.12 bits per heavy atom. The number of amides is 1. The Balaban J connectivity index is 2.09. The van der Waals surface area contributed by atoms with Crippen molar-refractivity contribution in [1.29, 1.82) is 0 Å². The van der Waals surface area contributed by atoms with Crippen LogP contribution in [0.1, 0.15) is 18.4 Å². The van der Waals surface area contributed by atoms with E-state index >= 15 is 0 Å². The molecule has 1 aromatic carbocycles. The quantitative estimate of drug-likeness (QED) is 0.807. The van der Waals surface area contributed by atoms with Crippen molar-refractivity contribution in [1.82, 2.24) is 5.32 Å². The number of rotatable bonds is 3. The number of hydrogen-bond acceptors (Lipinski definition) is 3. The molecule has 1 unspecified atom stereocenters. The summed E-state index contributed by atoms with van der Waals surface area (Å²) in [7, 11) is 0. The molecule has 1 heterocycles. The van der Waals surface area contributed by atoms with Crippen molar-refractivity contribution in [3.05, 3.63) is 29.8 Å². The van der Waals surface area contributed by atoms with Gasteiger partial charge in [0.15, 0.2) is 0 Å². The number of nitrogens with zero attached hydrogens (tertiary/aromatic N) is 1. The van der Waals surface area contributed by atoms with Crippen LogP contribution in [-0.4, -0.2) is 32.1 Å². The second-order valence-electron chi connectivity index (χ2n) is 4.50. The van der Waals surface area contributed by atoms with E-state index in [1.807, 2.05) is 0 Å². The Morgan fingerprint density at radius 3 is 2.71 bits per heavy atom. The topological polar surface area (TPSA) is 58.4 Å². The van der Waals surface area contributed by atoms with Gasteiger partial charge in [-0.1, -0.05) is 19.1 Å². The van der Waals surface area contributed by atoms with Gasteiger partial charge in [-0.15, -0.1) is 0 Å². The van der Waals surface area contributed by atoms with E-state index in [0.29, 0.717) is 19.0 Å². The zero-order chi connectivity index (χ0) is 12.3. The van der Waals surface area contributed by atoms with Gasteiger partial charge in [-0.05, 0) is 30.2 Å². The lowest BCUT2D eigenvalue weighted by atomic mass is 10.0. The molecule has 0 radical (unpaired) electrons. The highest BCUT2D eigenvalue weighted by atomic mass is 16.2. The van der Waals surface area contributed by atoms with E-state index in [1.54, 1.807) is 0 Å². The minimum atomic E-state index is 0.0932. The van der Waals surface area contributed by atoms with Crippen LogP contribution in [0.3, 0.4) is 0 Å². The molecule has 0 aromatic heterocycles. The molecule has 1 atom stereocenters. The van der Waals surface area contributed by atoms with Crippen LogP contribution in [0.15, 0.2) is 24.3 Å². The molecule has 0 spiro atoms. The predicted molar refractivity (Wildman–Crippen MR) is 69.1 cm³/mol. The molecule has 0 aliphatic carbocycles. The van der Waals surface area contributed by atoms with Gasteiger partial charge in [0.25, 0.3) is 0 Å². The van der Waals surface area contributed by atoms with E-state index in [-0.39, 0.29) is 5.91 Å². The first kappa shape index (κ1) is 11.9. The van der Waals surface area contributed by atoms with Crippen molar-refractivity contribution in [3.8, 4) is 0 Å². The van der Waals surface area contributed by atoms with E-state index < -0.39 is 0 Å². The van der Waals surface area contributed by atoms with Crippen LogP contribution < -0.4 is 16.0 Å². The van der Waals surface area contributed by atoms with E-state index in [1.165, 1.54) is 5.56 Å². The summed E-state index contributed by atoms with van der Waals surface area (Å²) in [6.45, 7) is 4.82. The molecule has 1 aliphatic heterocycles. The first-order chi connectivity index (χ1) is 8.20. The van der Waals surface area contributed by atoms with Crippen LogP contribution in [0.4, 0.5) is 5.69 Å². The Labute approximate surface area is 102 Å². The summed E-state index contributed by atoms with van der Waals surface area (Å²) in [4.78, 5) is 13.4. The summed E-state index contributed by atoms with van der Waals surface area (Å²) in [6.07, 6.45) is 0. The van der Waals surface area contributed by atoms with Crippen molar-refractivity contribution < 1.29 is 4.79 Å². The van der Waals surface area contributed by atoms with E-state index in [2.05, 4.69) is 41.4 Å². The number of benzene rings is 1. The molecule has 1 aliphatic rings. The smallest absolute Gasteiger partial charge is 0.239 e. The van der Waals surface area contributed by atoms with E-state index in [4.69, 9.17) is 5.73 Å². The van der Waals surface area contributed by atoms with Crippen LogP contribution in [-0.2, 0) is 4.79 Å². The largest absolute Gasteiger partial charge is 0.360 e. The molecule has 1 amide bonds. The van der Waals surface area contributed by atoms with Crippen LogP contribution in [0, 0.1) is 0 Å². The van der Waals surface area contributed by atoms with Gasteiger partial charge in [-0.2, -0.15) is 0 Å². The lowest BCUT2D eigenvalue weighted by molar-refractivity contribution is -0.120. The van der Waals surface area contributed by atoms with Crippen molar-refractivity contribution in [3.63, 3.8) is 0 Å². The van der Waals surface area contributed by atoms with Gasteiger partial charge in [0, 0.05) is 18.8 Å². The first-order valence-electron chi connectivity index (χ1n) is 6.02. The fourth-order valence-electron chi connectivity index (χ4n) is 2.01. The Kier molecular flexibility index (Phi) is 3.64. The number of carbonyl (C=O) groups excluding carboxylic acids is 1. The molecule has 0 bridgehead atoms. The van der Waals surface area contributed by atoms with Gasteiger partial charge in [-0.3, -0.25) is 4.79 Å². The molecule has 4 heteroatoms. The third-order valence-electron chi connectivity index (χ3n) is 3.22. The Hall–Kier alpha value is -1.55. The summed E-state index contributed by atoms with van der Waals surface area (Å²) in [5.41, 5.74) is 7.99. The highest BCUT2D eigenvalue weighted by Crippen LogP contribution is 2.20. The summed E-state index contributed by atoms with van der Waals surface area (Å²) >= 11 is 0. The lowest BCUT2D eigenvalue weighted by Crippen LogP contribution is -2.47. The van der Waals surface area contributed by atoms with Crippen molar-refractivity contribution in [2.45, 2.75) is 12.8 Å². The van der Waals surface area contributed by atoms with Crippen LogP contribution in [0.5, 0.6) is 0 Å². The number of anilines is 1.